The normalized spacial score (nSPS) is 18.8. The molecular formula is C25H30N4O. The third-order valence-electron chi connectivity index (χ3n) is 6.35. The third-order valence-corrected chi connectivity index (χ3v) is 6.35. The van der Waals surface area contributed by atoms with Gasteiger partial charge in [-0.2, -0.15) is 5.10 Å². The number of ether oxygens (including phenoxy) is 1. The quantitative estimate of drug-likeness (QED) is 0.632. The maximum Gasteiger partial charge on any atom is 0.133 e. The number of fused-ring (bicyclic) bond motifs is 1. The fourth-order valence-corrected chi connectivity index (χ4v) is 4.76. The van der Waals surface area contributed by atoms with E-state index in [0.29, 0.717) is 12.6 Å². The molecule has 5 heteroatoms. The molecule has 0 aliphatic carbocycles. The molecular weight excluding hydrogens is 372 g/mol. The Morgan fingerprint density at radius 1 is 1.07 bits per heavy atom. The van der Waals surface area contributed by atoms with Crippen LogP contribution in [0, 0.1) is 0 Å². The Kier molecular flexibility index (Phi) is 5.45. The lowest BCUT2D eigenvalue weighted by Gasteiger charge is -2.34. The molecule has 0 amide bonds. The van der Waals surface area contributed by atoms with E-state index in [-0.39, 0.29) is 0 Å². The Bertz CT molecular complexity index is 980. The molecule has 2 aliphatic rings. The lowest BCUT2D eigenvalue weighted by molar-refractivity contribution is 0.153. The number of piperidine rings is 1. The van der Waals surface area contributed by atoms with Crippen molar-refractivity contribution in [1.29, 1.82) is 0 Å². The highest BCUT2D eigenvalue weighted by atomic mass is 16.5. The van der Waals surface area contributed by atoms with Crippen LogP contribution in [-0.4, -0.2) is 34.3 Å². The third kappa shape index (κ3) is 3.70. The van der Waals surface area contributed by atoms with E-state index in [1.54, 1.807) is 0 Å². The Morgan fingerprint density at radius 3 is 2.70 bits per heavy atom. The minimum atomic E-state index is 0.451. The minimum Gasteiger partial charge on any atom is -0.489 e. The lowest BCUT2D eigenvalue weighted by atomic mass is 9.96. The fourth-order valence-electron chi connectivity index (χ4n) is 4.76. The van der Waals surface area contributed by atoms with Gasteiger partial charge >= 0.3 is 0 Å². The molecule has 1 unspecified atom stereocenters. The zero-order valence-corrected chi connectivity index (χ0v) is 17.7. The van der Waals surface area contributed by atoms with Crippen molar-refractivity contribution in [2.45, 2.75) is 45.3 Å². The monoisotopic (exact) mass is 402 g/mol. The second kappa shape index (κ2) is 8.52. The van der Waals surface area contributed by atoms with Crippen LogP contribution in [0.1, 0.15) is 49.0 Å². The van der Waals surface area contributed by atoms with Crippen LogP contribution in [0.2, 0.25) is 0 Å². The summed E-state index contributed by atoms with van der Waals surface area (Å²) < 4.78 is 8.05. The van der Waals surface area contributed by atoms with E-state index in [1.165, 1.54) is 48.4 Å². The molecule has 2 aromatic carbocycles. The van der Waals surface area contributed by atoms with Crippen molar-refractivity contribution in [3.63, 3.8) is 0 Å². The summed E-state index contributed by atoms with van der Waals surface area (Å²) in [6.07, 6.45) is 4.88. The van der Waals surface area contributed by atoms with E-state index in [2.05, 4.69) is 46.1 Å². The van der Waals surface area contributed by atoms with Crippen LogP contribution >= 0.6 is 0 Å². The second-order valence-electron chi connectivity index (χ2n) is 8.21. The molecule has 1 aromatic heterocycles. The fraction of sp³-hybridized carbons (Fsp3) is 0.400. The van der Waals surface area contributed by atoms with Gasteiger partial charge in [0.25, 0.3) is 0 Å². The molecule has 5 rings (SSSR count). The van der Waals surface area contributed by atoms with Gasteiger partial charge in [0.05, 0.1) is 17.4 Å². The topological polar surface area (TPSA) is 42.3 Å². The zero-order chi connectivity index (χ0) is 20.3. The molecule has 0 spiro atoms. The van der Waals surface area contributed by atoms with Crippen molar-refractivity contribution < 1.29 is 4.74 Å². The first-order valence-electron chi connectivity index (χ1n) is 11.2. The van der Waals surface area contributed by atoms with Crippen LogP contribution in [0.3, 0.4) is 0 Å². The molecule has 0 radical (unpaired) electrons. The lowest BCUT2D eigenvalue weighted by Crippen LogP contribution is -2.33. The van der Waals surface area contributed by atoms with Crippen molar-refractivity contribution in [1.82, 2.24) is 14.7 Å². The van der Waals surface area contributed by atoms with Gasteiger partial charge < -0.3 is 10.1 Å². The standard InChI is InChI=1S/C25H30N4O/c1-2-28-17-7-6-10-23(28)24-22-15-16-26-25(22)29(27-24)20-11-13-21(14-12-20)30-18-19-8-4-3-5-9-19/h3-5,8-9,11-14,23,26H,2,6-7,10,15-18H2,1H3. The Hall–Kier alpha value is -2.79. The minimum absolute atomic E-state index is 0.451. The maximum atomic E-state index is 5.95. The smallest absolute Gasteiger partial charge is 0.133 e. The van der Waals surface area contributed by atoms with Gasteiger partial charge in [0.1, 0.15) is 18.2 Å². The summed E-state index contributed by atoms with van der Waals surface area (Å²) in [5.41, 5.74) is 4.94. The van der Waals surface area contributed by atoms with E-state index in [0.717, 1.165) is 30.9 Å². The summed E-state index contributed by atoms with van der Waals surface area (Å²) in [4.78, 5) is 2.59. The van der Waals surface area contributed by atoms with Crippen LogP contribution in [0.15, 0.2) is 54.6 Å². The van der Waals surface area contributed by atoms with E-state index in [9.17, 15) is 0 Å². The summed E-state index contributed by atoms with van der Waals surface area (Å²) in [5, 5.41) is 8.69. The average molecular weight is 403 g/mol. The molecule has 3 heterocycles. The van der Waals surface area contributed by atoms with Crippen LogP contribution in [0.4, 0.5) is 5.82 Å². The van der Waals surface area contributed by atoms with Crippen LogP contribution in [-0.2, 0) is 13.0 Å². The van der Waals surface area contributed by atoms with Crippen LogP contribution < -0.4 is 10.1 Å². The summed E-state index contributed by atoms with van der Waals surface area (Å²) in [5.74, 6) is 2.05. The molecule has 2 aliphatic heterocycles. The second-order valence-corrected chi connectivity index (χ2v) is 8.21. The van der Waals surface area contributed by atoms with Gasteiger partial charge in [-0.3, -0.25) is 4.90 Å². The van der Waals surface area contributed by atoms with Gasteiger partial charge in [-0.25, -0.2) is 4.68 Å². The van der Waals surface area contributed by atoms with E-state index >= 15 is 0 Å². The number of hydrogen-bond acceptors (Lipinski definition) is 4. The highest BCUT2D eigenvalue weighted by molar-refractivity contribution is 5.58. The van der Waals surface area contributed by atoms with Gasteiger partial charge in [-0.15, -0.1) is 0 Å². The molecule has 156 valence electrons. The number of benzene rings is 2. The number of nitrogens with one attached hydrogen (secondary N) is 1. The molecule has 0 saturated carbocycles. The van der Waals surface area contributed by atoms with Crippen molar-refractivity contribution in [2.75, 3.05) is 25.0 Å². The molecule has 5 nitrogen and oxygen atoms in total. The highest BCUT2D eigenvalue weighted by Crippen LogP contribution is 2.38. The number of hydrogen-bond donors (Lipinski definition) is 1. The number of nitrogens with zero attached hydrogens (tertiary/aromatic N) is 3. The number of likely N-dealkylation sites (tertiary alicyclic amines) is 1. The Labute approximate surface area is 178 Å². The van der Waals surface area contributed by atoms with Gasteiger partial charge in [-0.05, 0) is 62.2 Å². The van der Waals surface area contributed by atoms with Crippen LogP contribution in [0.5, 0.6) is 5.75 Å². The van der Waals surface area contributed by atoms with Crippen molar-refractivity contribution in [2.24, 2.45) is 0 Å². The predicted molar refractivity (Wildman–Crippen MR) is 120 cm³/mol. The predicted octanol–water partition coefficient (Wildman–Crippen LogP) is 4.97. The van der Waals surface area contributed by atoms with E-state index in [4.69, 9.17) is 9.84 Å². The van der Waals surface area contributed by atoms with E-state index < -0.39 is 0 Å². The van der Waals surface area contributed by atoms with Gasteiger partial charge in [0.15, 0.2) is 0 Å². The zero-order valence-electron chi connectivity index (χ0n) is 17.7. The van der Waals surface area contributed by atoms with Gasteiger partial charge in [0.2, 0.25) is 0 Å². The number of anilines is 1. The summed E-state index contributed by atoms with van der Waals surface area (Å²) >= 11 is 0. The molecule has 1 saturated heterocycles. The molecule has 1 fully saturated rings. The SMILES string of the molecule is CCN1CCCCC1c1nn(-c2ccc(OCc3ccccc3)cc2)c2c1CCN2. The van der Waals surface area contributed by atoms with Crippen molar-refractivity contribution in [3.8, 4) is 11.4 Å². The molecule has 1 N–H and O–H groups in total. The Balaban J connectivity index is 1.38. The highest BCUT2D eigenvalue weighted by Gasteiger charge is 2.31. The van der Waals surface area contributed by atoms with Gasteiger partial charge in [-0.1, -0.05) is 43.7 Å². The largest absolute Gasteiger partial charge is 0.489 e. The first-order valence-corrected chi connectivity index (χ1v) is 11.2. The summed E-state index contributed by atoms with van der Waals surface area (Å²) in [6.45, 7) is 6.12. The number of aromatic nitrogens is 2. The molecule has 1 atom stereocenters. The Morgan fingerprint density at radius 2 is 1.90 bits per heavy atom. The maximum absolute atomic E-state index is 5.95. The van der Waals surface area contributed by atoms with Crippen LogP contribution in [0.25, 0.3) is 5.69 Å². The first-order chi connectivity index (χ1) is 14.8. The summed E-state index contributed by atoms with van der Waals surface area (Å²) in [6, 6.07) is 19.0. The first kappa shape index (κ1) is 19.2. The molecule has 3 aromatic rings. The van der Waals surface area contributed by atoms with Gasteiger partial charge in [0, 0.05) is 12.1 Å². The van der Waals surface area contributed by atoms with Crippen molar-refractivity contribution >= 4 is 5.82 Å². The molecule has 30 heavy (non-hydrogen) atoms. The molecule has 0 bridgehead atoms. The number of rotatable bonds is 6. The van der Waals surface area contributed by atoms with Crippen molar-refractivity contribution in [3.05, 3.63) is 71.4 Å². The van der Waals surface area contributed by atoms with E-state index in [1.807, 2.05) is 30.3 Å². The average Bonchev–Trinajstić information content (AvgIpc) is 3.42. The summed E-state index contributed by atoms with van der Waals surface area (Å²) in [7, 11) is 0.